The minimum Gasteiger partial charge on any atom is -0.444 e. The van der Waals surface area contributed by atoms with E-state index in [4.69, 9.17) is 4.74 Å². The number of halogens is 1. The second kappa shape index (κ2) is 8.95. The van der Waals surface area contributed by atoms with Gasteiger partial charge in [0.25, 0.3) is 0 Å². The number of rotatable bonds is 4. The van der Waals surface area contributed by atoms with Crippen LogP contribution < -0.4 is 10.6 Å². The van der Waals surface area contributed by atoms with Crippen LogP contribution in [0.15, 0.2) is 40.9 Å². The van der Waals surface area contributed by atoms with Crippen LogP contribution in [0.25, 0.3) is 0 Å². The number of carbonyl (C=O) groups excluding carboxylic acids is 3. The highest BCUT2D eigenvalue weighted by Gasteiger charge is 2.69. The van der Waals surface area contributed by atoms with E-state index in [1.165, 1.54) is 0 Å². The maximum atomic E-state index is 13.6. The van der Waals surface area contributed by atoms with Gasteiger partial charge in [0.1, 0.15) is 5.60 Å². The van der Waals surface area contributed by atoms with Gasteiger partial charge in [-0.15, -0.1) is 0 Å². The molecule has 0 radical (unpaired) electrons. The molecule has 7 nitrogen and oxygen atoms in total. The van der Waals surface area contributed by atoms with Crippen molar-refractivity contribution in [3.8, 4) is 0 Å². The lowest BCUT2D eigenvalue weighted by atomic mass is 9.81. The number of allylic oxidation sites excluding steroid dienone is 2. The van der Waals surface area contributed by atoms with Crippen LogP contribution in [-0.2, 0) is 14.3 Å². The van der Waals surface area contributed by atoms with Crippen LogP contribution in [0, 0.1) is 29.1 Å². The fraction of sp³-hybridized carbons (Fsp3) is 0.593. The van der Waals surface area contributed by atoms with E-state index >= 15 is 0 Å². The number of likely N-dealkylation sites (tertiary alicyclic amines) is 1. The summed E-state index contributed by atoms with van der Waals surface area (Å²) >= 11 is 3.42. The number of benzene rings is 1. The number of anilines is 1. The summed E-state index contributed by atoms with van der Waals surface area (Å²) in [6.07, 6.45) is 7.57. The Bertz CT molecular complexity index is 1040. The predicted octanol–water partition coefficient (Wildman–Crippen LogP) is 4.73. The first-order valence-electron chi connectivity index (χ1n) is 12.6. The van der Waals surface area contributed by atoms with Crippen molar-refractivity contribution in [2.45, 2.75) is 58.1 Å². The minimum atomic E-state index is -0.526. The van der Waals surface area contributed by atoms with E-state index in [0.29, 0.717) is 25.9 Å². The summed E-state index contributed by atoms with van der Waals surface area (Å²) in [5.74, 6) is -0.581. The Morgan fingerprint density at radius 1 is 0.971 bits per heavy atom. The van der Waals surface area contributed by atoms with Gasteiger partial charge in [-0.1, -0.05) is 28.1 Å². The fourth-order valence-electron chi connectivity index (χ4n) is 6.30. The van der Waals surface area contributed by atoms with E-state index in [0.717, 1.165) is 23.0 Å². The van der Waals surface area contributed by atoms with Gasteiger partial charge in [-0.25, -0.2) is 4.79 Å². The van der Waals surface area contributed by atoms with Gasteiger partial charge in [-0.05, 0) is 88.0 Å². The van der Waals surface area contributed by atoms with Gasteiger partial charge in [-0.3, -0.25) is 9.59 Å². The first-order chi connectivity index (χ1) is 16.6. The van der Waals surface area contributed by atoms with Crippen LogP contribution in [0.3, 0.4) is 0 Å². The third kappa shape index (κ3) is 4.74. The van der Waals surface area contributed by atoms with Gasteiger partial charge in [0.2, 0.25) is 11.8 Å². The van der Waals surface area contributed by atoms with Crippen molar-refractivity contribution in [2.75, 3.05) is 18.4 Å². The number of carbonyl (C=O) groups is 3. The molecule has 3 fully saturated rings. The molecule has 8 heteroatoms. The summed E-state index contributed by atoms with van der Waals surface area (Å²) in [5, 5.41) is 6.29. The Morgan fingerprint density at radius 3 is 2.09 bits per heavy atom. The van der Waals surface area contributed by atoms with Crippen LogP contribution in [0.1, 0.15) is 46.5 Å². The molecule has 0 unspecified atom stereocenters. The van der Waals surface area contributed by atoms with E-state index in [1.807, 2.05) is 45.0 Å². The molecular formula is C27H34BrN3O4. The molecule has 2 N–H and O–H groups in total. The smallest absolute Gasteiger partial charge is 0.410 e. The van der Waals surface area contributed by atoms with Crippen LogP contribution in [-0.4, -0.2) is 47.5 Å². The lowest BCUT2D eigenvalue weighted by Gasteiger charge is -2.35. The fourth-order valence-corrected chi connectivity index (χ4v) is 6.56. The molecule has 2 bridgehead atoms. The first-order valence-corrected chi connectivity index (χ1v) is 13.4. The number of nitrogens with zero attached hydrogens (tertiary/aromatic N) is 1. The SMILES string of the molecule is CC(C)(C)OC(=O)N1CCC(NC(=O)[C@H]2[C@H](C(=O)Nc3ccc(Br)cc3)[C@@H]3C=C[C@H]2C32CC2)CC1. The molecule has 2 saturated carbocycles. The molecular weight excluding hydrogens is 510 g/mol. The Morgan fingerprint density at radius 2 is 1.54 bits per heavy atom. The van der Waals surface area contributed by atoms with E-state index in [9.17, 15) is 14.4 Å². The summed E-state index contributed by atoms with van der Waals surface area (Å²) in [7, 11) is 0. The number of ether oxygens (including phenoxy) is 1. The second-order valence-electron chi connectivity index (χ2n) is 11.5. The molecule has 3 amide bonds. The zero-order valence-corrected chi connectivity index (χ0v) is 22.1. The molecule has 4 aliphatic rings. The van der Waals surface area contributed by atoms with Gasteiger partial charge in [0, 0.05) is 29.3 Å². The molecule has 1 spiro atoms. The van der Waals surface area contributed by atoms with Crippen LogP contribution in [0.4, 0.5) is 10.5 Å². The summed E-state index contributed by atoms with van der Waals surface area (Å²) in [6, 6.07) is 7.52. The van der Waals surface area contributed by atoms with Crippen LogP contribution >= 0.6 is 15.9 Å². The Hall–Kier alpha value is -2.35. The molecule has 1 aliphatic heterocycles. The Kier molecular flexibility index (Phi) is 6.22. The Labute approximate surface area is 215 Å². The molecule has 4 atom stereocenters. The summed E-state index contributed by atoms with van der Waals surface area (Å²) in [5.41, 5.74) is 0.301. The normalized spacial score (nSPS) is 28.7. The molecule has 5 rings (SSSR count). The molecule has 35 heavy (non-hydrogen) atoms. The van der Waals surface area contributed by atoms with Gasteiger partial charge >= 0.3 is 6.09 Å². The molecule has 0 aromatic heterocycles. The van der Waals surface area contributed by atoms with Crippen molar-refractivity contribution in [2.24, 2.45) is 29.1 Å². The lowest BCUT2D eigenvalue weighted by Crippen LogP contribution is -2.50. The lowest BCUT2D eigenvalue weighted by molar-refractivity contribution is -0.133. The van der Waals surface area contributed by atoms with E-state index in [2.05, 4.69) is 38.7 Å². The molecule has 1 saturated heterocycles. The highest BCUT2D eigenvalue weighted by Crippen LogP contribution is 2.72. The van der Waals surface area contributed by atoms with Crippen molar-refractivity contribution >= 4 is 39.5 Å². The van der Waals surface area contributed by atoms with Crippen molar-refractivity contribution in [1.82, 2.24) is 10.2 Å². The second-order valence-corrected chi connectivity index (χ2v) is 12.4. The minimum absolute atomic E-state index is 0.00497. The average molecular weight is 544 g/mol. The van der Waals surface area contributed by atoms with Gasteiger partial charge in [0.05, 0.1) is 11.8 Å². The molecule has 3 aliphatic carbocycles. The zero-order chi connectivity index (χ0) is 25.0. The van der Waals surface area contributed by atoms with Gasteiger partial charge in [0.15, 0.2) is 0 Å². The Balaban J connectivity index is 1.24. The highest BCUT2D eigenvalue weighted by molar-refractivity contribution is 9.10. The number of hydrogen-bond acceptors (Lipinski definition) is 4. The van der Waals surface area contributed by atoms with Gasteiger partial charge < -0.3 is 20.3 Å². The quantitative estimate of drug-likeness (QED) is 0.537. The number of amides is 3. The third-order valence-corrected chi connectivity index (χ3v) is 8.58. The van der Waals surface area contributed by atoms with Crippen molar-refractivity contribution in [3.63, 3.8) is 0 Å². The molecule has 188 valence electrons. The predicted molar refractivity (Wildman–Crippen MR) is 137 cm³/mol. The van der Waals surface area contributed by atoms with E-state index < -0.39 is 5.60 Å². The maximum absolute atomic E-state index is 13.6. The van der Waals surface area contributed by atoms with Gasteiger partial charge in [-0.2, -0.15) is 0 Å². The summed E-state index contributed by atoms with van der Waals surface area (Å²) in [6.45, 7) is 6.68. The largest absolute Gasteiger partial charge is 0.444 e. The summed E-state index contributed by atoms with van der Waals surface area (Å²) in [4.78, 5) is 41.1. The van der Waals surface area contributed by atoms with Crippen LogP contribution in [0.5, 0.6) is 0 Å². The first kappa shape index (κ1) is 24.3. The van der Waals surface area contributed by atoms with Crippen molar-refractivity contribution in [1.29, 1.82) is 0 Å². The zero-order valence-electron chi connectivity index (χ0n) is 20.6. The van der Waals surface area contributed by atoms with Crippen molar-refractivity contribution < 1.29 is 19.1 Å². The molecule has 1 aromatic rings. The third-order valence-electron chi connectivity index (χ3n) is 8.05. The summed E-state index contributed by atoms with van der Waals surface area (Å²) < 4.78 is 6.43. The topological polar surface area (TPSA) is 87.7 Å². The van der Waals surface area contributed by atoms with Crippen LogP contribution in [0.2, 0.25) is 0 Å². The highest BCUT2D eigenvalue weighted by atomic mass is 79.9. The number of hydrogen-bond donors (Lipinski definition) is 2. The number of nitrogens with one attached hydrogen (secondary N) is 2. The monoisotopic (exact) mass is 543 g/mol. The van der Waals surface area contributed by atoms with Crippen molar-refractivity contribution in [3.05, 3.63) is 40.9 Å². The molecule has 1 heterocycles. The number of piperidine rings is 1. The standard InChI is InChI=1S/C27H34BrN3O4/c1-26(2,3)35-25(34)31-14-10-18(11-15-31)30-24(33)22-20-9-8-19(27(20)12-13-27)21(22)23(32)29-17-6-4-16(28)5-7-17/h4-9,18-22H,10-15H2,1-3H3,(H,29,32)(H,30,33)/t19-,20+,21+,22+/m0/s1. The average Bonchev–Trinajstić information content (AvgIpc) is 3.46. The maximum Gasteiger partial charge on any atom is 0.410 e. The molecule has 1 aromatic carbocycles. The van der Waals surface area contributed by atoms with E-state index in [-0.39, 0.29) is 53.0 Å². The van der Waals surface area contributed by atoms with E-state index in [1.54, 1.807) is 4.90 Å².